The van der Waals surface area contributed by atoms with Crippen LogP contribution in [0.1, 0.15) is 20.8 Å². The Bertz CT molecular complexity index is 93.1. The summed E-state index contributed by atoms with van der Waals surface area (Å²) in [5.74, 6) is 1.70. The highest BCUT2D eigenvalue weighted by Crippen LogP contribution is 2.09. The molecule has 0 atom stereocenters. The zero-order valence-electron chi connectivity index (χ0n) is 5.97. The molecule has 2 nitrogen and oxygen atoms in total. The van der Waals surface area contributed by atoms with Crippen molar-refractivity contribution in [1.29, 1.82) is 0 Å². The molecule has 53 valence electrons. The summed E-state index contributed by atoms with van der Waals surface area (Å²) in [7, 11) is 0. The largest absolute Gasteiger partial charge is 0.342 e. The van der Waals surface area contributed by atoms with Gasteiger partial charge < -0.3 is 5.32 Å². The third-order valence-corrected chi connectivity index (χ3v) is 1.40. The van der Waals surface area contributed by atoms with E-state index in [1.165, 1.54) is 6.92 Å². The summed E-state index contributed by atoms with van der Waals surface area (Å²) in [6.07, 6.45) is 0. The number of rotatable bonds is 3. The van der Waals surface area contributed by atoms with E-state index in [-0.39, 0.29) is 5.91 Å². The monoisotopic (exact) mass is 146 g/mol. The van der Waals surface area contributed by atoms with E-state index in [1.54, 1.807) is 17.6 Å². The minimum Gasteiger partial charge on any atom is -0.342 e. The van der Waals surface area contributed by atoms with Gasteiger partial charge in [0.25, 0.3) is 0 Å². The second-order valence-electron chi connectivity index (χ2n) is 2.00. The van der Waals surface area contributed by atoms with E-state index < -0.39 is 0 Å². The number of thioether (sulfide) groups is 1. The normalized spacial score (nSPS) is 9.78. The van der Waals surface area contributed by atoms with E-state index in [2.05, 4.69) is 19.2 Å². The zero-order valence-corrected chi connectivity index (χ0v) is 6.79. The molecule has 9 heavy (non-hydrogen) atoms. The Morgan fingerprint density at radius 3 is 2.56 bits per heavy atom. The Kier molecular flexibility index (Phi) is 4.58. The van der Waals surface area contributed by atoms with Gasteiger partial charge >= 0.3 is 0 Å². The maximum atomic E-state index is 10.3. The molecule has 0 rings (SSSR count). The van der Waals surface area contributed by atoms with Gasteiger partial charge in [0.2, 0.25) is 5.91 Å². The number of carbonyl (C=O) groups excluding carboxylic acids is 1. The molecule has 1 radical (unpaired) electrons. The first-order chi connectivity index (χ1) is 4.13. The van der Waals surface area contributed by atoms with Crippen LogP contribution in [0.15, 0.2) is 0 Å². The molecular weight excluding hydrogens is 134 g/mol. The predicted molar refractivity (Wildman–Crippen MR) is 40.8 cm³/mol. The van der Waals surface area contributed by atoms with E-state index in [0.717, 1.165) is 0 Å². The first-order valence-corrected chi connectivity index (χ1v) is 3.81. The quantitative estimate of drug-likeness (QED) is 0.651. The van der Waals surface area contributed by atoms with Crippen LogP contribution in [0.5, 0.6) is 0 Å². The lowest BCUT2D eigenvalue weighted by Crippen LogP contribution is -2.15. The molecule has 0 aliphatic heterocycles. The molecular formula is C6H12NOS. The highest BCUT2D eigenvalue weighted by atomic mass is 32.2. The standard InChI is InChI=1S/C6H12NOS/c1-5(2)9-4-7-6(3)8/h4-5H,1-3H3,(H,7,8). The van der Waals surface area contributed by atoms with Crippen molar-refractivity contribution in [2.75, 3.05) is 0 Å². The number of nitrogens with one attached hydrogen (secondary N) is 1. The Morgan fingerprint density at radius 1 is 1.67 bits per heavy atom. The van der Waals surface area contributed by atoms with Gasteiger partial charge in [0.05, 0.1) is 0 Å². The fourth-order valence-corrected chi connectivity index (χ4v) is 0.759. The molecule has 0 aliphatic rings. The molecule has 0 bridgehead atoms. The molecule has 0 saturated carbocycles. The van der Waals surface area contributed by atoms with Crippen molar-refractivity contribution in [2.45, 2.75) is 26.0 Å². The van der Waals surface area contributed by atoms with E-state index in [1.807, 2.05) is 0 Å². The third-order valence-electron chi connectivity index (χ3n) is 0.602. The molecule has 1 amide bonds. The van der Waals surface area contributed by atoms with Gasteiger partial charge in [-0.05, 0) is 0 Å². The van der Waals surface area contributed by atoms with Crippen LogP contribution in [0, 0.1) is 5.88 Å². The van der Waals surface area contributed by atoms with Gasteiger partial charge in [-0.3, -0.25) is 4.79 Å². The molecule has 3 heteroatoms. The average molecular weight is 146 g/mol. The van der Waals surface area contributed by atoms with Crippen LogP contribution < -0.4 is 5.32 Å². The van der Waals surface area contributed by atoms with Crippen molar-refractivity contribution < 1.29 is 4.79 Å². The number of hydrogen-bond donors (Lipinski definition) is 1. The molecule has 0 spiro atoms. The molecule has 0 saturated heterocycles. The van der Waals surface area contributed by atoms with E-state index in [4.69, 9.17) is 0 Å². The van der Waals surface area contributed by atoms with Gasteiger partial charge in [-0.25, -0.2) is 0 Å². The van der Waals surface area contributed by atoms with Gasteiger partial charge in [0, 0.05) is 12.2 Å². The summed E-state index contributed by atoms with van der Waals surface area (Å²) >= 11 is 1.60. The summed E-state index contributed by atoms with van der Waals surface area (Å²) in [5, 5.41) is 3.11. The highest BCUT2D eigenvalue weighted by molar-refractivity contribution is 8.01. The predicted octanol–water partition coefficient (Wildman–Crippen LogP) is 1.38. The average Bonchev–Trinajstić information content (AvgIpc) is 1.63. The molecule has 0 aliphatic carbocycles. The fourth-order valence-electron chi connectivity index (χ4n) is 0.253. The topological polar surface area (TPSA) is 29.1 Å². The van der Waals surface area contributed by atoms with Crippen molar-refractivity contribution in [2.24, 2.45) is 0 Å². The van der Waals surface area contributed by atoms with Gasteiger partial charge in [-0.1, -0.05) is 13.8 Å². The van der Waals surface area contributed by atoms with Crippen molar-refractivity contribution in [3.63, 3.8) is 0 Å². The molecule has 0 fully saturated rings. The molecule has 0 aromatic heterocycles. The van der Waals surface area contributed by atoms with Crippen LogP contribution in [-0.2, 0) is 4.79 Å². The van der Waals surface area contributed by atoms with Crippen LogP contribution in [0.4, 0.5) is 0 Å². The zero-order chi connectivity index (χ0) is 7.28. The van der Waals surface area contributed by atoms with Gasteiger partial charge in [-0.15, -0.1) is 11.8 Å². The smallest absolute Gasteiger partial charge is 0.217 e. The minimum absolute atomic E-state index is 0.0110. The van der Waals surface area contributed by atoms with Crippen LogP contribution in [0.3, 0.4) is 0 Å². The van der Waals surface area contributed by atoms with Crippen LogP contribution in [-0.4, -0.2) is 11.2 Å². The molecule has 1 N–H and O–H groups in total. The SMILES string of the molecule is CC(=O)N[CH]SC(C)C. The first kappa shape index (κ1) is 8.82. The Hall–Kier alpha value is -0.180. The summed E-state index contributed by atoms with van der Waals surface area (Å²) in [6, 6.07) is 0. The molecule has 0 aromatic rings. The molecule has 0 heterocycles. The lowest BCUT2D eigenvalue weighted by Gasteiger charge is -2.02. The molecule has 0 aromatic carbocycles. The summed E-state index contributed by atoms with van der Waals surface area (Å²) < 4.78 is 0. The minimum atomic E-state index is -0.0110. The summed E-state index contributed by atoms with van der Waals surface area (Å²) in [5.41, 5.74) is 0. The number of hydrogen-bond acceptors (Lipinski definition) is 2. The van der Waals surface area contributed by atoms with E-state index in [9.17, 15) is 4.79 Å². The van der Waals surface area contributed by atoms with Gasteiger partial charge in [0.1, 0.15) is 5.88 Å². The van der Waals surface area contributed by atoms with Gasteiger partial charge in [-0.2, -0.15) is 0 Å². The fraction of sp³-hybridized carbons (Fsp3) is 0.667. The summed E-state index contributed by atoms with van der Waals surface area (Å²) in [6.45, 7) is 5.64. The second kappa shape index (κ2) is 4.68. The van der Waals surface area contributed by atoms with Crippen molar-refractivity contribution in [1.82, 2.24) is 5.32 Å². The van der Waals surface area contributed by atoms with Crippen LogP contribution in [0.25, 0.3) is 0 Å². The van der Waals surface area contributed by atoms with Crippen molar-refractivity contribution >= 4 is 17.7 Å². The summed E-state index contributed by atoms with van der Waals surface area (Å²) in [4.78, 5) is 10.3. The van der Waals surface area contributed by atoms with Crippen LogP contribution in [0.2, 0.25) is 0 Å². The van der Waals surface area contributed by atoms with E-state index in [0.29, 0.717) is 5.25 Å². The Morgan fingerprint density at radius 2 is 2.22 bits per heavy atom. The molecule has 0 unspecified atom stereocenters. The highest BCUT2D eigenvalue weighted by Gasteiger charge is 1.94. The Balaban J connectivity index is 3.01. The first-order valence-electron chi connectivity index (χ1n) is 2.87. The number of amides is 1. The lowest BCUT2D eigenvalue weighted by molar-refractivity contribution is -0.118. The number of carbonyl (C=O) groups is 1. The Labute approximate surface area is 60.4 Å². The van der Waals surface area contributed by atoms with E-state index >= 15 is 0 Å². The lowest BCUT2D eigenvalue weighted by atomic mass is 10.6. The maximum absolute atomic E-state index is 10.3. The third kappa shape index (κ3) is 7.82. The van der Waals surface area contributed by atoms with Crippen molar-refractivity contribution in [3.8, 4) is 0 Å². The van der Waals surface area contributed by atoms with Crippen LogP contribution >= 0.6 is 11.8 Å². The second-order valence-corrected chi connectivity index (χ2v) is 3.45. The van der Waals surface area contributed by atoms with Crippen molar-refractivity contribution in [3.05, 3.63) is 5.88 Å². The maximum Gasteiger partial charge on any atom is 0.217 e. The van der Waals surface area contributed by atoms with Gasteiger partial charge in [0.15, 0.2) is 0 Å².